The maximum atomic E-state index is 13.2. The third-order valence-electron chi connectivity index (χ3n) is 4.88. The molecule has 3 heteroatoms. The molecule has 1 aliphatic carbocycles. The van der Waals surface area contributed by atoms with Gasteiger partial charge in [0.05, 0.1) is 6.10 Å². The summed E-state index contributed by atoms with van der Waals surface area (Å²) < 4.78 is 14.2. The van der Waals surface area contributed by atoms with E-state index >= 15 is 0 Å². The first-order valence-electron chi connectivity index (χ1n) is 7.41. The summed E-state index contributed by atoms with van der Waals surface area (Å²) in [6.07, 6.45) is 2.98. The van der Waals surface area contributed by atoms with Gasteiger partial charge in [0.2, 0.25) is 0 Å². The van der Waals surface area contributed by atoms with Gasteiger partial charge in [0.25, 0.3) is 0 Å². The minimum absolute atomic E-state index is 0.208. The van der Waals surface area contributed by atoms with Crippen molar-refractivity contribution in [1.82, 2.24) is 0 Å². The Morgan fingerprint density at radius 2 is 2.00 bits per heavy atom. The van der Waals surface area contributed by atoms with Crippen LogP contribution in [0.2, 0.25) is 0 Å². The van der Waals surface area contributed by atoms with E-state index in [-0.39, 0.29) is 5.82 Å². The van der Waals surface area contributed by atoms with Gasteiger partial charge in [-0.3, -0.25) is 0 Å². The van der Waals surface area contributed by atoms with Gasteiger partial charge >= 0.3 is 0 Å². The van der Waals surface area contributed by atoms with Crippen LogP contribution in [0.5, 0.6) is 0 Å². The molecule has 0 bridgehead atoms. The second kappa shape index (κ2) is 5.45. The van der Waals surface area contributed by atoms with Crippen LogP contribution in [-0.4, -0.2) is 5.11 Å². The highest BCUT2D eigenvalue weighted by Gasteiger charge is 2.30. The van der Waals surface area contributed by atoms with Gasteiger partial charge in [-0.25, -0.2) is 4.39 Å². The molecule has 1 nitrogen and oxygen atoms in total. The molecule has 3 rings (SSSR count). The number of fused-ring (bicyclic) bond motifs is 1. The van der Waals surface area contributed by atoms with Crippen LogP contribution in [0.4, 0.5) is 4.39 Å². The molecule has 0 spiro atoms. The van der Waals surface area contributed by atoms with E-state index in [1.165, 1.54) is 23.8 Å². The first kappa shape index (κ1) is 14.0. The first-order valence-corrected chi connectivity index (χ1v) is 8.23. The topological polar surface area (TPSA) is 20.2 Å². The molecule has 1 aromatic carbocycles. The van der Waals surface area contributed by atoms with E-state index in [2.05, 4.69) is 13.8 Å². The van der Waals surface area contributed by atoms with Gasteiger partial charge < -0.3 is 5.11 Å². The summed E-state index contributed by atoms with van der Waals surface area (Å²) in [6, 6.07) is 6.85. The highest BCUT2D eigenvalue weighted by Crippen LogP contribution is 2.42. The monoisotopic (exact) mass is 292 g/mol. The van der Waals surface area contributed by atoms with Crippen molar-refractivity contribution >= 4 is 21.4 Å². The van der Waals surface area contributed by atoms with E-state index in [1.54, 1.807) is 12.1 Å². The zero-order chi connectivity index (χ0) is 14.3. The summed E-state index contributed by atoms with van der Waals surface area (Å²) >= 11 is 1.53. The number of halogens is 1. The zero-order valence-electron chi connectivity index (χ0n) is 12.0. The van der Waals surface area contributed by atoms with Gasteiger partial charge in [0.1, 0.15) is 5.82 Å². The Hall–Kier alpha value is -0.930. The minimum atomic E-state index is -0.398. The number of aliphatic hydroxyl groups excluding tert-OH is 1. The number of hydrogen-bond acceptors (Lipinski definition) is 2. The smallest absolute Gasteiger partial charge is 0.124 e. The molecule has 1 aromatic heterocycles. The lowest BCUT2D eigenvalue weighted by atomic mass is 9.73. The molecule has 4 unspecified atom stereocenters. The number of thiophene rings is 1. The molecular formula is C17H21FOS. The van der Waals surface area contributed by atoms with E-state index in [0.717, 1.165) is 33.7 Å². The van der Waals surface area contributed by atoms with Crippen molar-refractivity contribution in [2.75, 3.05) is 0 Å². The molecule has 0 amide bonds. The van der Waals surface area contributed by atoms with Crippen molar-refractivity contribution in [2.45, 2.75) is 39.2 Å². The van der Waals surface area contributed by atoms with Gasteiger partial charge in [-0.15, -0.1) is 11.3 Å². The fourth-order valence-corrected chi connectivity index (χ4v) is 4.45. The second-order valence-electron chi connectivity index (χ2n) is 6.30. The number of aliphatic hydroxyl groups is 1. The number of hydrogen-bond donors (Lipinski definition) is 1. The summed E-state index contributed by atoms with van der Waals surface area (Å²) in [6.45, 7) is 4.58. The van der Waals surface area contributed by atoms with E-state index in [4.69, 9.17) is 0 Å². The van der Waals surface area contributed by atoms with Crippen LogP contribution in [-0.2, 0) is 0 Å². The van der Waals surface area contributed by atoms with Crippen LogP contribution in [0, 0.1) is 23.6 Å². The highest BCUT2D eigenvalue weighted by molar-refractivity contribution is 7.19. The zero-order valence-corrected chi connectivity index (χ0v) is 12.8. The predicted molar refractivity (Wildman–Crippen MR) is 82.4 cm³/mol. The lowest BCUT2D eigenvalue weighted by Gasteiger charge is -2.34. The van der Waals surface area contributed by atoms with Crippen molar-refractivity contribution in [3.05, 3.63) is 35.0 Å². The molecule has 4 atom stereocenters. The van der Waals surface area contributed by atoms with E-state index in [0.29, 0.717) is 11.8 Å². The maximum absolute atomic E-state index is 13.2. The van der Waals surface area contributed by atoms with Crippen LogP contribution in [0.3, 0.4) is 0 Å². The van der Waals surface area contributed by atoms with Gasteiger partial charge in [0.15, 0.2) is 0 Å². The van der Waals surface area contributed by atoms with Gasteiger partial charge in [-0.2, -0.15) is 0 Å². The van der Waals surface area contributed by atoms with Crippen molar-refractivity contribution in [3.63, 3.8) is 0 Å². The summed E-state index contributed by atoms with van der Waals surface area (Å²) in [5, 5.41) is 11.7. The quantitative estimate of drug-likeness (QED) is 0.812. The summed E-state index contributed by atoms with van der Waals surface area (Å²) in [5.74, 6) is 1.57. The predicted octanol–water partition coefficient (Wildman–Crippen LogP) is 5.15. The van der Waals surface area contributed by atoms with Crippen molar-refractivity contribution in [3.8, 4) is 0 Å². The van der Waals surface area contributed by atoms with Gasteiger partial charge in [0, 0.05) is 9.58 Å². The molecule has 0 radical (unpaired) electrons. The summed E-state index contributed by atoms with van der Waals surface area (Å²) in [7, 11) is 0. The third-order valence-corrected chi connectivity index (χ3v) is 6.05. The first-order chi connectivity index (χ1) is 9.54. The third kappa shape index (κ3) is 2.61. The highest BCUT2D eigenvalue weighted by atomic mass is 32.1. The second-order valence-corrected chi connectivity index (χ2v) is 7.42. The van der Waals surface area contributed by atoms with E-state index in [9.17, 15) is 9.50 Å². The van der Waals surface area contributed by atoms with Crippen LogP contribution >= 0.6 is 11.3 Å². The van der Waals surface area contributed by atoms with Crippen molar-refractivity contribution in [2.24, 2.45) is 17.8 Å². The Labute approximate surface area is 123 Å². The molecule has 1 aliphatic rings. The molecule has 108 valence electrons. The van der Waals surface area contributed by atoms with Gasteiger partial charge in [-0.1, -0.05) is 26.3 Å². The lowest BCUT2D eigenvalue weighted by Crippen LogP contribution is -2.24. The molecule has 1 N–H and O–H groups in total. The molecule has 2 aromatic rings. The Morgan fingerprint density at radius 3 is 2.75 bits per heavy atom. The summed E-state index contributed by atoms with van der Waals surface area (Å²) in [4.78, 5) is 0.984. The SMILES string of the molecule is CC1CCC(C(O)c2cc3ccc(F)cc3s2)CC1C. The summed E-state index contributed by atoms with van der Waals surface area (Å²) in [5.41, 5.74) is 0. The largest absolute Gasteiger partial charge is 0.387 e. The number of benzene rings is 1. The van der Waals surface area contributed by atoms with E-state index < -0.39 is 6.10 Å². The Morgan fingerprint density at radius 1 is 1.20 bits per heavy atom. The maximum Gasteiger partial charge on any atom is 0.124 e. The Balaban J connectivity index is 1.83. The molecular weight excluding hydrogens is 271 g/mol. The van der Waals surface area contributed by atoms with Crippen LogP contribution in [0.15, 0.2) is 24.3 Å². The molecule has 0 saturated heterocycles. The molecule has 20 heavy (non-hydrogen) atoms. The fourth-order valence-electron chi connectivity index (χ4n) is 3.28. The Bertz CT molecular complexity index is 606. The van der Waals surface area contributed by atoms with Gasteiger partial charge in [-0.05, 0) is 54.2 Å². The van der Waals surface area contributed by atoms with Crippen LogP contribution < -0.4 is 0 Å². The standard InChI is InChI=1S/C17H21FOS/c1-10-3-4-13(7-11(10)2)17(19)16-8-12-5-6-14(18)9-15(12)20-16/h5-6,8-11,13,17,19H,3-4,7H2,1-2H3. The van der Waals surface area contributed by atoms with Crippen LogP contribution in [0.25, 0.3) is 10.1 Å². The molecule has 0 aliphatic heterocycles. The fraction of sp³-hybridized carbons (Fsp3) is 0.529. The lowest BCUT2D eigenvalue weighted by molar-refractivity contribution is 0.0586. The van der Waals surface area contributed by atoms with Crippen molar-refractivity contribution < 1.29 is 9.50 Å². The number of rotatable bonds is 2. The Kier molecular flexibility index (Phi) is 3.83. The van der Waals surface area contributed by atoms with E-state index in [1.807, 2.05) is 6.07 Å². The molecule has 1 heterocycles. The molecule has 1 saturated carbocycles. The molecule has 1 fully saturated rings. The normalized spacial score (nSPS) is 28.7. The average Bonchev–Trinajstić information content (AvgIpc) is 2.84. The van der Waals surface area contributed by atoms with Crippen molar-refractivity contribution in [1.29, 1.82) is 0 Å². The van der Waals surface area contributed by atoms with Crippen LogP contribution in [0.1, 0.15) is 44.1 Å². The minimum Gasteiger partial charge on any atom is -0.387 e. The average molecular weight is 292 g/mol.